The van der Waals surface area contributed by atoms with Gasteiger partial charge in [-0.3, -0.25) is 4.65 Å². The van der Waals surface area contributed by atoms with Crippen molar-refractivity contribution in [1.29, 1.82) is 0 Å². The summed E-state index contributed by atoms with van der Waals surface area (Å²) in [6.07, 6.45) is 2.86. The molecule has 0 amide bonds. The Kier molecular flexibility index (Phi) is 2.92. The number of nitrogens with zero attached hydrogens (tertiary/aromatic N) is 1. The van der Waals surface area contributed by atoms with Gasteiger partial charge in [0, 0.05) is 19.1 Å². The zero-order chi connectivity index (χ0) is 12.5. The number of hydrogen-bond acceptors (Lipinski definition) is 4. The Balaban J connectivity index is 2.17. The van der Waals surface area contributed by atoms with E-state index < -0.39 is 10.4 Å². The third-order valence-corrected chi connectivity index (χ3v) is 2.85. The topological polar surface area (TPSA) is 72.8 Å². The molecule has 0 spiro atoms. The van der Waals surface area contributed by atoms with Crippen LogP contribution in [0.3, 0.4) is 0 Å². The van der Waals surface area contributed by atoms with E-state index in [0.29, 0.717) is 11.4 Å². The fourth-order valence-corrected chi connectivity index (χ4v) is 1.70. The van der Waals surface area contributed by atoms with Crippen LogP contribution in [-0.2, 0) is 0 Å². The van der Waals surface area contributed by atoms with Gasteiger partial charge >= 0.3 is 0 Å². The molecule has 0 saturated carbocycles. The number of ether oxygens (including phenoxy) is 1. The minimum Gasteiger partial charge on any atom is -0.620 e. The molecule has 1 aliphatic rings. The van der Waals surface area contributed by atoms with Gasteiger partial charge in [-0.25, -0.2) is 0 Å². The molecule has 1 heterocycles. The molecule has 5 nitrogen and oxygen atoms in total. The van der Waals surface area contributed by atoms with Crippen molar-refractivity contribution >= 4 is 5.69 Å². The van der Waals surface area contributed by atoms with Crippen molar-refractivity contribution < 1.29 is 14.9 Å². The lowest BCUT2D eigenvalue weighted by molar-refractivity contribution is -0.0171. The molecule has 2 unspecified atom stereocenters. The fraction of sp³-hybridized carbons (Fsp3) is 0.333. The first-order chi connectivity index (χ1) is 7.99. The van der Waals surface area contributed by atoms with Crippen LogP contribution in [0.25, 0.3) is 0 Å². The van der Waals surface area contributed by atoms with Gasteiger partial charge in [0.15, 0.2) is 0 Å². The van der Waals surface area contributed by atoms with Crippen LogP contribution in [0, 0.1) is 5.21 Å². The highest BCUT2D eigenvalue weighted by molar-refractivity contribution is 5.54. The van der Waals surface area contributed by atoms with Gasteiger partial charge < -0.3 is 20.2 Å². The van der Waals surface area contributed by atoms with Gasteiger partial charge in [0.2, 0.25) is 5.72 Å². The lowest BCUT2D eigenvalue weighted by atomic mass is 10.1. The molecule has 2 N–H and O–H groups in total. The molecule has 0 aromatic heterocycles. The Morgan fingerprint density at radius 1 is 1.35 bits per heavy atom. The van der Waals surface area contributed by atoms with Crippen LogP contribution in [0.5, 0.6) is 5.75 Å². The Hall–Kier alpha value is -1.40. The lowest BCUT2D eigenvalue weighted by Crippen LogP contribution is -2.61. The monoisotopic (exact) mass is 237 g/mol. The zero-order valence-electron chi connectivity index (χ0n) is 9.54. The summed E-state index contributed by atoms with van der Waals surface area (Å²) in [5.41, 5.74) is -0.971. The minimum absolute atomic E-state index is 0.0548. The predicted molar refractivity (Wildman–Crippen MR) is 63.9 cm³/mol. The molecule has 2 atom stereocenters. The van der Waals surface area contributed by atoms with E-state index in [-0.39, 0.29) is 13.2 Å². The Morgan fingerprint density at radius 3 is 2.41 bits per heavy atom. The number of hydroxylamine groups is 2. The molecule has 0 bridgehead atoms. The molecule has 5 heteroatoms. The second kappa shape index (κ2) is 4.12. The summed E-state index contributed by atoms with van der Waals surface area (Å²) >= 11 is 0. The highest BCUT2D eigenvalue weighted by Gasteiger charge is 2.45. The maximum atomic E-state index is 12.3. The van der Waals surface area contributed by atoms with E-state index in [1.165, 1.54) is 19.2 Å². The average molecular weight is 237 g/mol. The summed E-state index contributed by atoms with van der Waals surface area (Å²) in [6.45, 7) is 1.63. The largest absolute Gasteiger partial charge is 0.620 e. The van der Waals surface area contributed by atoms with E-state index in [4.69, 9.17) is 9.84 Å². The molecule has 2 rings (SSSR count). The van der Waals surface area contributed by atoms with Crippen LogP contribution in [0.1, 0.15) is 6.92 Å². The first-order valence-electron chi connectivity index (χ1n) is 5.36. The van der Waals surface area contributed by atoms with Gasteiger partial charge in [0.05, 0.1) is 12.7 Å². The van der Waals surface area contributed by atoms with Crippen LogP contribution in [-0.4, -0.2) is 29.2 Å². The van der Waals surface area contributed by atoms with Gasteiger partial charge in [-0.1, -0.05) is 0 Å². The summed E-state index contributed by atoms with van der Waals surface area (Å²) in [7, 11) is 0. The summed E-state index contributed by atoms with van der Waals surface area (Å²) in [5.74, 6) is 0.582. The normalized spacial score (nSPS) is 31.1. The standard InChI is InChI=1S/C12H15NO4/c1-12(15)6-7-13(12,16)10-2-4-11(5-3-10)17-9-8-14/h2-7,14-15H,8-9H2,1H3. The van der Waals surface area contributed by atoms with Gasteiger partial charge in [-0.15, -0.1) is 0 Å². The third kappa shape index (κ3) is 1.94. The second-order valence-electron chi connectivity index (χ2n) is 4.13. The van der Waals surface area contributed by atoms with E-state index in [9.17, 15) is 10.3 Å². The zero-order valence-corrected chi connectivity index (χ0v) is 9.54. The quantitative estimate of drug-likeness (QED) is 0.607. The van der Waals surface area contributed by atoms with Gasteiger partial charge in [0.25, 0.3) is 0 Å². The van der Waals surface area contributed by atoms with Crippen molar-refractivity contribution in [3.63, 3.8) is 0 Å². The number of rotatable bonds is 4. The highest BCUT2D eigenvalue weighted by Crippen LogP contribution is 2.39. The maximum Gasteiger partial charge on any atom is 0.231 e. The minimum atomic E-state index is -1.41. The summed E-state index contributed by atoms with van der Waals surface area (Å²) < 4.78 is 4.31. The molecule has 1 aliphatic heterocycles. The van der Waals surface area contributed by atoms with Crippen LogP contribution in [0.15, 0.2) is 36.5 Å². The molecular formula is C12H15NO4. The molecule has 92 valence electrons. The first-order valence-corrected chi connectivity index (χ1v) is 5.36. The molecule has 1 aromatic carbocycles. The third-order valence-electron chi connectivity index (χ3n) is 2.85. The predicted octanol–water partition coefficient (Wildman–Crippen LogP) is 1.10. The summed E-state index contributed by atoms with van der Waals surface area (Å²) in [5, 5.41) is 30.7. The number of quaternary nitrogens is 1. The van der Waals surface area contributed by atoms with Crippen molar-refractivity contribution in [2.24, 2.45) is 0 Å². The summed E-state index contributed by atoms with van der Waals surface area (Å²) in [4.78, 5) is 0. The van der Waals surface area contributed by atoms with Crippen LogP contribution < -0.4 is 9.38 Å². The Morgan fingerprint density at radius 2 is 2.00 bits per heavy atom. The van der Waals surface area contributed by atoms with Crippen molar-refractivity contribution in [3.8, 4) is 5.75 Å². The van der Waals surface area contributed by atoms with Crippen LogP contribution >= 0.6 is 0 Å². The maximum absolute atomic E-state index is 12.3. The number of benzene rings is 1. The number of aliphatic hydroxyl groups is 2. The van der Waals surface area contributed by atoms with Crippen molar-refractivity contribution in [2.45, 2.75) is 12.6 Å². The van der Waals surface area contributed by atoms with E-state index in [1.807, 2.05) is 0 Å². The lowest BCUT2D eigenvalue weighted by Gasteiger charge is -2.52. The van der Waals surface area contributed by atoms with Crippen LogP contribution in [0.2, 0.25) is 0 Å². The summed E-state index contributed by atoms with van der Waals surface area (Å²) in [6, 6.07) is 6.51. The highest BCUT2D eigenvalue weighted by atomic mass is 16.6. The van der Waals surface area contributed by atoms with E-state index in [1.54, 1.807) is 24.3 Å². The van der Waals surface area contributed by atoms with Crippen molar-refractivity contribution in [2.75, 3.05) is 13.2 Å². The molecule has 17 heavy (non-hydrogen) atoms. The number of aliphatic hydroxyl groups excluding tert-OH is 1. The molecule has 1 aromatic rings. The fourth-order valence-electron chi connectivity index (χ4n) is 1.70. The number of hydrogen-bond donors (Lipinski definition) is 2. The SMILES string of the molecule is CC1(O)C=C[N+]1([O-])c1ccc(OCCO)cc1. The van der Waals surface area contributed by atoms with Crippen molar-refractivity contribution in [3.05, 3.63) is 41.7 Å². The Labute approximate surface area is 99.3 Å². The van der Waals surface area contributed by atoms with Gasteiger partial charge in [-0.2, -0.15) is 0 Å². The average Bonchev–Trinajstić information content (AvgIpc) is 2.34. The first kappa shape index (κ1) is 12.1. The van der Waals surface area contributed by atoms with Crippen molar-refractivity contribution in [1.82, 2.24) is 4.65 Å². The van der Waals surface area contributed by atoms with Gasteiger partial charge in [0.1, 0.15) is 24.2 Å². The molecule has 0 aliphatic carbocycles. The Bertz CT molecular complexity index is 427. The smallest absolute Gasteiger partial charge is 0.231 e. The van der Waals surface area contributed by atoms with E-state index in [2.05, 4.69) is 0 Å². The van der Waals surface area contributed by atoms with E-state index in [0.717, 1.165) is 0 Å². The van der Waals surface area contributed by atoms with Gasteiger partial charge in [-0.05, 0) is 12.1 Å². The van der Waals surface area contributed by atoms with E-state index >= 15 is 0 Å². The van der Waals surface area contributed by atoms with Crippen LogP contribution in [0.4, 0.5) is 5.69 Å². The molecule has 0 saturated heterocycles. The second-order valence-corrected chi connectivity index (χ2v) is 4.13. The molecule has 0 radical (unpaired) electrons. The molecule has 0 fully saturated rings. The molecular weight excluding hydrogens is 222 g/mol.